The maximum atomic E-state index is 12.4. The van der Waals surface area contributed by atoms with Crippen molar-refractivity contribution in [1.82, 2.24) is 9.55 Å². The van der Waals surface area contributed by atoms with Crippen LogP contribution < -0.4 is 10.4 Å². The average molecular weight is 364 g/mol. The molecule has 138 valence electrons. The van der Waals surface area contributed by atoms with Gasteiger partial charge in [0, 0.05) is 24.9 Å². The zero-order chi connectivity index (χ0) is 19.4. The molecule has 0 radical (unpaired) electrons. The van der Waals surface area contributed by atoms with Crippen LogP contribution in [0.2, 0.25) is 0 Å². The number of ether oxygens (including phenoxy) is 1. The largest absolute Gasteiger partial charge is 0.497 e. The average Bonchev–Trinajstić information content (AvgIpc) is 3.04. The van der Waals surface area contributed by atoms with Gasteiger partial charge in [-0.2, -0.15) is 0 Å². The van der Waals surface area contributed by atoms with Gasteiger partial charge in [0.25, 0.3) is 0 Å². The summed E-state index contributed by atoms with van der Waals surface area (Å²) in [6, 6.07) is 15.0. The molecule has 6 nitrogen and oxygen atoms in total. The molecule has 0 aliphatic carbocycles. The number of nitrogens with zero attached hydrogens (tertiary/aromatic N) is 2. The van der Waals surface area contributed by atoms with Crippen molar-refractivity contribution in [1.29, 1.82) is 0 Å². The molecule has 0 aliphatic rings. The quantitative estimate of drug-likeness (QED) is 0.406. The topological polar surface area (TPSA) is 74.3 Å². The Morgan fingerprint density at radius 3 is 2.59 bits per heavy atom. The molecular formula is C21H20N2O4. The maximum Gasteiger partial charge on any atom is 0.347 e. The van der Waals surface area contributed by atoms with Gasteiger partial charge in [-0.05, 0) is 30.3 Å². The number of rotatable bonds is 3. The summed E-state index contributed by atoms with van der Waals surface area (Å²) in [6.07, 6.45) is 1.51. The molecule has 2 aromatic carbocycles. The molecule has 2 heterocycles. The van der Waals surface area contributed by atoms with Gasteiger partial charge in [-0.1, -0.05) is 19.1 Å². The Bertz CT molecular complexity index is 1160. The van der Waals surface area contributed by atoms with Crippen molar-refractivity contribution in [3.05, 3.63) is 59.0 Å². The van der Waals surface area contributed by atoms with Gasteiger partial charge in [-0.3, -0.25) is 0 Å². The van der Waals surface area contributed by atoms with Crippen LogP contribution in [0.25, 0.3) is 33.4 Å². The van der Waals surface area contributed by atoms with Gasteiger partial charge in [0.2, 0.25) is 0 Å². The van der Waals surface area contributed by atoms with Crippen molar-refractivity contribution in [3.63, 3.8) is 0 Å². The number of fused-ring (bicyclic) bond motifs is 2. The first kappa shape index (κ1) is 18.4. The summed E-state index contributed by atoms with van der Waals surface area (Å²) in [5.41, 5.74) is 2.35. The molecule has 4 rings (SSSR count). The Morgan fingerprint density at radius 2 is 1.93 bits per heavy atom. The van der Waals surface area contributed by atoms with E-state index in [1.807, 2.05) is 61.0 Å². The minimum absolute atomic E-state index is 0.413. The summed E-state index contributed by atoms with van der Waals surface area (Å²) in [7, 11) is 3.47. The number of carbonyl (C=O) groups excluding carboxylic acids is 1. The molecule has 0 saturated carbocycles. The SMILES string of the molecule is CCC=O.COc1ccc2cc(-c3nc4ccccc4n3C)c(=O)oc2c1. The fraction of sp³-hybridized carbons (Fsp3) is 0.190. The van der Waals surface area contributed by atoms with Gasteiger partial charge in [0.15, 0.2) is 0 Å². The monoisotopic (exact) mass is 364 g/mol. The van der Waals surface area contributed by atoms with Crippen molar-refractivity contribution in [2.75, 3.05) is 7.11 Å². The second kappa shape index (κ2) is 7.86. The zero-order valence-corrected chi connectivity index (χ0v) is 15.4. The van der Waals surface area contributed by atoms with Crippen LogP contribution in [0.5, 0.6) is 5.75 Å². The van der Waals surface area contributed by atoms with E-state index < -0.39 is 5.63 Å². The highest BCUT2D eigenvalue weighted by Gasteiger charge is 2.15. The smallest absolute Gasteiger partial charge is 0.347 e. The summed E-state index contributed by atoms with van der Waals surface area (Å²) < 4.78 is 12.5. The Morgan fingerprint density at radius 1 is 1.19 bits per heavy atom. The van der Waals surface area contributed by atoms with Gasteiger partial charge in [-0.25, -0.2) is 9.78 Å². The first-order valence-corrected chi connectivity index (χ1v) is 8.56. The van der Waals surface area contributed by atoms with Crippen molar-refractivity contribution in [2.45, 2.75) is 13.3 Å². The normalized spacial score (nSPS) is 10.5. The molecule has 6 heteroatoms. The Hall–Kier alpha value is -3.41. The van der Waals surface area contributed by atoms with Crippen LogP contribution >= 0.6 is 0 Å². The molecule has 0 aliphatic heterocycles. The second-order valence-electron chi connectivity index (χ2n) is 5.91. The van der Waals surface area contributed by atoms with E-state index in [9.17, 15) is 9.59 Å². The van der Waals surface area contributed by atoms with Gasteiger partial charge in [-0.15, -0.1) is 0 Å². The number of para-hydroxylation sites is 2. The van der Waals surface area contributed by atoms with Crippen molar-refractivity contribution in [2.24, 2.45) is 7.05 Å². The Kier molecular flexibility index (Phi) is 5.35. The molecule has 0 saturated heterocycles. The minimum atomic E-state index is -0.413. The van der Waals surface area contributed by atoms with E-state index in [0.717, 1.165) is 22.7 Å². The first-order valence-electron chi connectivity index (χ1n) is 8.56. The van der Waals surface area contributed by atoms with Gasteiger partial charge in [0.05, 0.1) is 18.1 Å². The van der Waals surface area contributed by atoms with Crippen LogP contribution in [0.1, 0.15) is 13.3 Å². The third-order valence-corrected chi connectivity index (χ3v) is 4.14. The summed E-state index contributed by atoms with van der Waals surface area (Å²) in [5.74, 6) is 1.24. The molecular weight excluding hydrogens is 344 g/mol. The highest BCUT2D eigenvalue weighted by Crippen LogP contribution is 2.26. The number of aromatic nitrogens is 2. The number of hydrogen-bond donors (Lipinski definition) is 0. The number of benzene rings is 2. The molecule has 2 aromatic heterocycles. The number of hydrogen-bond acceptors (Lipinski definition) is 5. The lowest BCUT2D eigenvalue weighted by molar-refractivity contribution is -0.107. The third-order valence-electron chi connectivity index (χ3n) is 4.14. The van der Waals surface area contributed by atoms with Crippen LogP contribution in [0.15, 0.2) is 57.7 Å². The molecule has 27 heavy (non-hydrogen) atoms. The standard InChI is InChI=1S/C18H14N2O3.C3H6O/c1-20-15-6-4-3-5-14(15)19-17(20)13-9-11-7-8-12(22-2)10-16(11)23-18(13)21;1-2-3-4/h3-10H,1-2H3;3H,2H2,1H3. The van der Waals surface area contributed by atoms with E-state index in [1.165, 1.54) is 0 Å². The lowest BCUT2D eigenvalue weighted by Crippen LogP contribution is -2.06. The van der Waals surface area contributed by atoms with Crippen LogP contribution in [0.4, 0.5) is 0 Å². The number of carbonyl (C=O) groups is 1. The summed E-state index contributed by atoms with van der Waals surface area (Å²) in [5, 5.41) is 0.826. The minimum Gasteiger partial charge on any atom is -0.497 e. The Balaban J connectivity index is 0.000000481. The summed E-state index contributed by atoms with van der Waals surface area (Å²) >= 11 is 0. The van der Waals surface area contributed by atoms with Gasteiger partial charge in [0.1, 0.15) is 29.0 Å². The zero-order valence-electron chi connectivity index (χ0n) is 15.4. The molecule has 4 aromatic rings. The number of aryl methyl sites for hydroxylation is 1. The molecule has 0 bridgehead atoms. The number of imidazole rings is 1. The summed E-state index contributed by atoms with van der Waals surface area (Å²) in [6.45, 7) is 1.81. The van der Waals surface area contributed by atoms with E-state index in [4.69, 9.17) is 9.15 Å². The van der Waals surface area contributed by atoms with E-state index >= 15 is 0 Å². The predicted octanol–water partition coefficient (Wildman–Crippen LogP) is 3.95. The second-order valence-corrected chi connectivity index (χ2v) is 5.91. The highest BCUT2D eigenvalue weighted by atomic mass is 16.5. The lowest BCUT2D eigenvalue weighted by atomic mass is 10.1. The lowest BCUT2D eigenvalue weighted by Gasteiger charge is -2.04. The van der Waals surface area contributed by atoms with Crippen molar-refractivity contribution < 1.29 is 13.9 Å². The maximum absolute atomic E-state index is 12.4. The van der Waals surface area contributed by atoms with Crippen LogP contribution in [-0.2, 0) is 11.8 Å². The highest BCUT2D eigenvalue weighted by molar-refractivity contribution is 5.84. The van der Waals surface area contributed by atoms with Crippen LogP contribution in [-0.4, -0.2) is 22.9 Å². The fourth-order valence-electron chi connectivity index (χ4n) is 2.76. The van der Waals surface area contributed by atoms with Gasteiger partial charge >= 0.3 is 5.63 Å². The van der Waals surface area contributed by atoms with Gasteiger partial charge < -0.3 is 18.5 Å². The van der Waals surface area contributed by atoms with Crippen LogP contribution in [0, 0.1) is 0 Å². The molecule has 0 fully saturated rings. The molecule has 0 spiro atoms. The molecule has 0 atom stereocenters. The predicted molar refractivity (Wildman–Crippen MR) is 105 cm³/mol. The third kappa shape index (κ3) is 3.60. The number of aldehydes is 1. The number of methoxy groups -OCH3 is 1. The fourth-order valence-corrected chi connectivity index (χ4v) is 2.76. The van der Waals surface area contributed by atoms with E-state index in [0.29, 0.717) is 29.1 Å². The molecule has 0 amide bonds. The summed E-state index contributed by atoms with van der Waals surface area (Å²) in [4.78, 5) is 26.1. The first-order chi connectivity index (χ1) is 13.1. The van der Waals surface area contributed by atoms with E-state index in [2.05, 4.69) is 4.98 Å². The van der Waals surface area contributed by atoms with Crippen molar-refractivity contribution in [3.8, 4) is 17.1 Å². The van der Waals surface area contributed by atoms with Crippen LogP contribution in [0.3, 0.4) is 0 Å². The van der Waals surface area contributed by atoms with E-state index in [1.54, 1.807) is 13.2 Å². The van der Waals surface area contributed by atoms with Crippen molar-refractivity contribution >= 4 is 28.3 Å². The molecule has 0 unspecified atom stereocenters. The Labute approximate surface area is 156 Å². The van der Waals surface area contributed by atoms with E-state index in [-0.39, 0.29) is 0 Å². The molecule has 0 N–H and O–H groups in total.